The van der Waals surface area contributed by atoms with Crippen molar-refractivity contribution in [1.29, 1.82) is 0 Å². The molecule has 0 unspecified atom stereocenters. The largest absolute Gasteiger partial charge is 0.466 e. The van der Waals surface area contributed by atoms with E-state index in [0.717, 1.165) is 10.9 Å². The van der Waals surface area contributed by atoms with Gasteiger partial charge in [0.15, 0.2) is 0 Å². The molecule has 0 aromatic heterocycles. The molecule has 88 valence electrons. The van der Waals surface area contributed by atoms with Crippen LogP contribution in [0.1, 0.15) is 18.9 Å². The van der Waals surface area contributed by atoms with Gasteiger partial charge in [0.1, 0.15) is 0 Å². The molecule has 0 atom stereocenters. The topological polar surface area (TPSA) is 26.3 Å². The normalized spacial score (nSPS) is 10.2. The van der Waals surface area contributed by atoms with Crippen molar-refractivity contribution in [3.8, 4) is 0 Å². The Morgan fingerprint density at radius 1 is 1.50 bits per heavy atom. The predicted octanol–water partition coefficient (Wildman–Crippen LogP) is 3.67. The SMILES string of the molecule is CCOC(=O)CCc1c(Br)cccc1SC. The van der Waals surface area contributed by atoms with Crippen molar-refractivity contribution < 1.29 is 9.53 Å². The van der Waals surface area contributed by atoms with E-state index in [1.165, 1.54) is 10.5 Å². The highest BCUT2D eigenvalue weighted by molar-refractivity contribution is 9.10. The van der Waals surface area contributed by atoms with Crippen LogP contribution in [0.5, 0.6) is 0 Å². The fraction of sp³-hybridized carbons (Fsp3) is 0.417. The van der Waals surface area contributed by atoms with E-state index in [9.17, 15) is 4.79 Å². The average Bonchev–Trinajstić information content (AvgIpc) is 2.27. The van der Waals surface area contributed by atoms with Crippen molar-refractivity contribution in [2.75, 3.05) is 12.9 Å². The van der Waals surface area contributed by atoms with Crippen LogP contribution in [0, 0.1) is 0 Å². The minimum atomic E-state index is -0.134. The molecular weight excluding hydrogens is 288 g/mol. The summed E-state index contributed by atoms with van der Waals surface area (Å²) in [5, 5.41) is 0. The molecule has 0 saturated carbocycles. The fourth-order valence-corrected chi connectivity index (χ4v) is 2.80. The molecule has 0 radical (unpaired) electrons. The Labute approximate surface area is 109 Å². The van der Waals surface area contributed by atoms with Crippen molar-refractivity contribution >= 4 is 33.7 Å². The summed E-state index contributed by atoms with van der Waals surface area (Å²) in [5.41, 5.74) is 1.18. The Hall–Kier alpha value is -0.480. The third-order valence-electron chi connectivity index (χ3n) is 2.18. The highest BCUT2D eigenvalue weighted by Gasteiger charge is 2.09. The van der Waals surface area contributed by atoms with Crippen LogP contribution in [0.2, 0.25) is 0 Å². The first-order valence-corrected chi connectivity index (χ1v) is 7.17. The summed E-state index contributed by atoms with van der Waals surface area (Å²) >= 11 is 5.20. The second-order valence-electron chi connectivity index (χ2n) is 3.23. The van der Waals surface area contributed by atoms with E-state index in [1.807, 2.05) is 25.3 Å². The molecule has 0 aliphatic rings. The van der Waals surface area contributed by atoms with Crippen molar-refractivity contribution in [2.24, 2.45) is 0 Å². The molecule has 0 saturated heterocycles. The molecule has 0 fully saturated rings. The minimum Gasteiger partial charge on any atom is -0.466 e. The maximum atomic E-state index is 11.3. The highest BCUT2D eigenvalue weighted by Crippen LogP contribution is 2.28. The second kappa shape index (κ2) is 6.97. The number of esters is 1. The van der Waals surface area contributed by atoms with E-state index < -0.39 is 0 Å². The Bertz CT molecular complexity index is 366. The Morgan fingerprint density at radius 2 is 2.25 bits per heavy atom. The standard InChI is InChI=1S/C12H15BrO2S/c1-3-15-12(14)8-7-9-10(13)5-4-6-11(9)16-2/h4-6H,3,7-8H2,1-2H3. The number of hydrogen-bond acceptors (Lipinski definition) is 3. The van der Waals surface area contributed by atoms with Gasteiger partial charge in [-0.05, 0) is 37.3 Å². The van der Waals surface area contributed by atoms with E-state index >= 15 is 0 Å². The lowest BCUT2D eigenvalue weighted by Crippen LogP contribution is -2.05. The highest BCUT2D eigenvalue weighted by atomic mass is 79.9. The van der Waals surface area contributed by atoms with Crippen LogP contribution in [0.3, 0.4) is 0 Å². The van der Waals surface area contributed by atoms with Gasteiger partial charge < -0.3 is 4.74 Å². The van der Waals surface area contributed by atoms with Crippen molar-refractivity contribution in [1.82, 2.24) is 0 Å². The third kappa shape index (κ3) is 3.83. The van der Waals surface area contributed by atoms with Gasteiger partial charge >= 0.3 is 5.97 Å². The number of carbonyl (C=O) groups excluding carboxylic acids is 1. The second-order valence-corrected chi connectivity index (χ2v) is 4.93. The molecular formula is C12H15BrO2S. The van der Waals surface area contributed by atoms with Crippen LogP contribution in [0.4, 0.5) is 0 Å². The predicted molar refractivity (Wildman–Crippen MR) is 70.9 cm³/mol. The lowest BCUT2D eigenvalue weighted by Gasteiger charge is -2.09. The van der Waals surface area contributed by atoms with Gasteiger partial charge in [0, 0.05) is 15.8 Å². The summed E-state index contributed by atoms with van der Waals surface area (Å²) in [6, 6.07) is 6.07. The first-order chi connectivity index (χ1) is 7.69. The van der Waals surface area contributed by atoms with Gasteiger partial charge in [-0.2, -0.15) is 0 Å². The minimum absolute atomic E-state index is 0.134. The monoisotopic (exact) mass is 302 g/mol. The molecule has 0 bridgehead atoms. The summed E-state index contributed by atoms with van der Waals surface area (Å²) in [6.07, 6.45) is 3.19. The Balaban J connectivity index is 2.69. The molecule has 1 aromatic rings. The molecule has 16 heavy (non-hydrogen) atoms. The lowest BCUT2D eigenvalue weighted by atomic mass is 10.1. The molecule has 0 N–H and O–H groups in total. The summed E-state index contributed by atoms with van der Waals surface area (Å²) < 4.78 is 5.97. The fourth-order valence-electron chi connectivity index (χ4n) is 1.43. The maximum absolute atomic E-state index is 11.3. The van der Waals surface area contributed by atoms with Gasteiger partial charge in [-0.3, -0.25) is 4.79 Å². The van der Waals surface area contributed by atoms with Crippen molar-refractivity contribution in [3.05, 3.63) is 28.2 Å². The molecule has 0 amide bonds. The molecule has 1 rings (SSSR count). The van der Waals surface area contributed by atoms with Crippen molar-refractivity contribution in [3.63, 3.8) is 0 Å². The van der Waals surface area contributed by atoms with Crippen molar-refractivity contribution in [2.45, 2.75) is 24.7 Å². The van der Waals surface area contributed by atoms with Gasteiger partial charge in [-0.15, -0.1) is 11.8 Å². The zero-order valence-electron chi connectivity index (χ0n) is 9.46. The lowest BCUT2D eigenvalue weighted by molar-refractivity contribution is -0.143. The van der Waals surface area contributed by atoms with Crippen LogP contribution in [0.15, 0.2) is 27.6 Å². The van der Waals surface area contributed by atoms with Crippen LogP contribution in [-0.2, 0) is 16.0 Å². The van der Waals surface area contributed by atoms with Gasteiger partial charge in [-0.1, -0.05) is 22.0 Å². The molecule has 0 spiro atoms. The van der Waals surface area contributed by atoms with Crippen LogP contribution >= 0.6 is 27.7 Å². The van der Waals surface area contributed by atoms with E-state index in [1.54, 1.807) is 11.8 Å². The van der Waals surface area contributed by atoms with Crippen LogP contribution < -0.4 is 0 Å². The zero-order chi connectivity index (χ0) is 12.0. The van der Waals surface area contributed by atoms with Crippen LogP contribution in [-0.4, -0.2) is 18.8 Å². The molecule has 0 heterocycles. The summed E-state index contributed by atoms with van der Waals surface area (Å²) in [4.78, 5) is 12.5. The number of halogens is 1. The smallest absolute Gasteiger partial charge is 0.306 e. The van der Waals surface area contributed by atoms with E-state index in [2.05, 4.69) is 22.0 Å². The number of ether oxygens (including phenoxy) is 1. The van der Waals surface area contributed by atoms with Gasteiger partial charge in [0.2, 0.25) is 0 Å². The Kier molecular flexibility index (Phi) is 5.91. The van der Waals surface area contributed by atoms with Gasteiger partial charge in [-0.25, -0.2) is 0 Å². The maximum Gasteiger partial charge on any atom is 0.306 e. The average molecular weight is 303 g/mol. The zero-order valence-corrected chi connectivity index (χ0v) is 11.9. The first kappa shape index (κ1) is 13.6. The summed E-state index contributed by atoms with van der Waals surface area (Å²) in [7, 11) is 0. The summed E-state index contributed by atoms with van der Waals surface area (Å²) in [5.74, 6) is -0.134. The third-order valence-corrected chi connectivity index (χ3v) is 3.75. The van der Waals surface area contributed by atoms with E-state index in [-0.39, 0.29) is 5.97 Å². The number of hydrogen-bond donors (Lipinski definition) is 0. The molecule has 1 aromatic carbocycles. The Morgan fingerprint density at radius 3 is 2.88 bits per heavy atom. The first-order valence-electron chi connectivity index (χ1n) is 5.16. The van der Waals surface area contributed by atoms with E-state index in [4.69, 9.17) is 4.74 Å². The van der Waals surface area contributed by atoms with E-state index in [0.29, 0.717) is 13.0 Å². The molecule has 0 aliphatic carbocycles. The molecule has 4 heteroatoms. The summed E-state index contributed by atoms with van der Waals surface area (Å²) in [6.45, 7) is 2.27. The number of thioether (sulfide) groups is 1. The van der Waals surface area contributed by atoms with Gasteiger partial charge in [0.05, 0.1) is 6.61 Å². The molecule has 2 nitrogen and oxygen atoms in total. The van der Waals surface area contributed by atoms with Gasteiger partial charge in [0.25, 0.3) is 0 Å². The number of benzene rings is 1. The van der Waals surface area contributed by atoms with Crippen LogP contribution in [0.25, 0.3) is 0 Å². The number of carbonyl (C=O) groups is 1. The number of rotatable bonds is 5. The quantitative estimate of drug-likeness (QED) is 0.613. The molecule has 0 aliphatic heterocycles.